The lowest BCUT2D eigenvalue weighted by atomic mass is 9.95. The van der Waals surface area contributed by atoms with Crippen molar-refractivity contribution in [1.29, 1.82) is 0 Å². The Kier molecular flexibility index (Phi) is 5.72. The number of carbonyl (C=O) groups is 1. The van der Waals surface area contributed by atoms with Crippen LogP contribution in [0.4, 0.5) is 0 Å². The van der Waals surface area contributed by atoms with Gasteiger partial charge in [-0.15, -0.1) is 0 Å². The van der Waals surface area contributed by atoms with Crippen LogP contribution in [0.15, 0.2) is 0 Å². The number of rotatable bonds is 5. The van der Waals surface area contributed by atoms with Crippen LogP contribution in [-0.4, -0.2) is 36.3 Å². The van der Waals surface area contributed by atoms with Gasteiger partial charge in [0, 0.05) is 7.05 Å². The fourth-order valence-corrected chi connectivity index (χ4v) is 1.23. The summed E-state index contributed by atoms with van der Waals surface area (Å²) in [5, 5.41) is 10.8. The molecule has 0 radical (unpaired) electrons. The van der Waals surface area contributed by atoms with Crippen molar-refractivity contribution in [2.24, 2.45) is 11.8 Å². The van der Waals surface area contributed by atoms with Crippen LogP contribution in [0.1, 0.15) is 27.2 Å². The zero-order valence-electron chi connectivity index (χ0n) is 9.65. The minimum atomic E-state index is -0.597. The molecule has 0 saturated carbocycles. The number of nitrogens with zero attached hydrogens (tertiary/aromatic N) is 1. The van der Waals surface area contributed by atoms with Gasteiger partial charge in [-0.2, -0.15) is 0 Å². The Bertz CT molecular complexity index is 182. The van der Waals surface area contributed by atoms with Gasteiger partial charge in [-0.25, -0.2) is 5.06 Å². The molecule has 0 aromatic carbocycles. The maximum Gasteiger partial charge on any atom is 0.251 e. The molecule has 0 aliphatic carbocycles. The summed E-state index contributed by atoms with van der Waals surface area (Å²) in [6.07, 6.45) is 0.0323. The van der Waals surface area contributed by atoms with E-state index in [4.69, 9.17) is 4.84 Å². The molecule has 0 aromatic rings. The first-order chi connectivity index (χ1) is 6.40. The molecule has 0 saturated heterocycles. The molecule has 0 unspecified atom stereocenters. The Morgan fingerprint density at radius 3 is 2.29 bits per heavy atom. The Morgan fingerprint density at radius 1 is 1.43 bits per heavy atom. The highest BCUT2D eigenvalue weighted by atomic mass is 16.7. The van der Waals surface area contributed by atoms with Gasteiger partial charge < -0.3 is 5.11 Å². The first kappa shape index (κ1) is 13.4. The van der Waals surface area contributed by atoms with Crippen LogP contribution in [0.25, 0.3) is 0 Å². The average Bonchev–Trinajstić information content (AvgIpc) is 2.13. The van der Waals surface area contributed by atoms with Crippen LogP contribution in [0.5, 0.6) is 0 Å². The highest BCUT2D eigenvalue weighted by Gasteiger charge is 2.25. The van der Waals surface area contributed by atoms with E-state index < -0.39 is 12.0 Å². The molecule has 4 nitrogen and oxygen atoms in total. The minimum absolute atomic E-state index is 0.194. The Balaban J connectivity index is 4.16. The molecule has 0 heterocycles. The monoisotopic (exact) mass is 203 g/mol. The predicted octanol–water partition coefficient (Wildman–Crippen LogP) is 1.05. The largest absolute Gasteiger partial charge is 0.392 e. The van der Waals surface area contributed by atoms with Gasteiger partial charge in [-0.1, -0.05) is 20.8 Å². The summed E-state index contributed by atoms with van der Waals surface area (Å²) >= 11 is 0. The van der Waals surface area contributed by atoms with Crippen molar-refractivity contribution in [3.05, 3.63) is 0 Å². The molecule has 0 spiro atoms. The summed E-state index contributed by atoms with van der Waals surface area (Å²) in [5.41, 5.74) is 0. The van der Waals surface area contributed by atoms with Crippen LogP contribution >= 0.6 is 0 Å². The van der Waals surface area contributed by atoms with Gasteiger partial charge in [0.15, 0.2) is 0 Å². The lowest BCUT2D eigenvalue weighted by Gasteiger charge is -2.23. The highest BCUT2D eigenvalue weighted by molar-refractivity contribution is 5.77. The maximum absolute atomic E-state index is 11.5. The molecule has 1 N–H and O–H groups in total. The number of hydroxylamine groups is 2. The van der Waals surface area contributed by atoms with Crippen molar-refractivity contribution in [2.75, 3.05) is 14.2 Å². The van der Waals surface area contributed by atoms with Gasteiger partial charge in [0.25, 0.3) is 5.91 Å². The number of amides is 1. The first-order valence-electron chi connectivity index (χ1n) is 4.89. The SMILES string of the molecule is CON(C)C(=O)[C@@H](C)[C@H](O)CC(C)C. The Hall–Kier alpha value is -0.610. The third kappa shape index (κ3) is 4.07. The molecular formula is C10H21NO3. The Morgan fingerprint density at radius 2 is 1.93 bits per heavy atom. The number of hydrogen-bond donors (Lipinski definition) is 1. The molecule has 1 amide bonds. The molecule has 0 fully saturated rings. The topological polar surface area (TPSA) is 49.8 Å². The van der Waals surface area contributed by atoms with Gasteiger partial charge in [-0.3, -0.25) is 9.63 Å². The summed E-state index contributed by atoms with van der Waals surface area (Å²) in [6, 6.07) is 0. The highest BCUT2D eigenvalue weighted by Crippen LogP contribution is 2.14. The zero-order valence-corrected chi connectivity index (χ0v) is 9.65. The van der Waals surface area contributed by atoms with E-state index in [-0.39, 0.29) is 5.91 Å². The molecule has 4 heteroatoms. The fraction of sp³-hybridized carbons (Fsp3) is 0.900. The van der Waals surface area contributed by atoms with Gasteiger partial charge >= 0.3 is 0 Å². The van der Waals surface area contributed by atoms with E-state index in [0.717, 1.165) is 5.06 Å². The van der Waals surface area contributed by atoms with Crippen LogP contribution in [0, 0.1) is 11.8 Å². The summed E-state index contributed by atoms with van der Waals surface area (Å²) in [5.74, 6) is -0.226. The Labute approximate surface area is 85.8 Å². The van der Waals surface area contributed by atoms with E-state index in [9.17, 15) is 9.90 Å². The van der Waals surface area contributed by atoms with Crippen LogP contribution < -0.4 is 0 Å². The molecular weight excluding hydrogens is 182 g/mol. The second-order valence-corrected chi connectivity index (χ2v) is 4.00. The molecule has 14 heavy (non-hydrogen) atoms. The van der Waals surface area contributed by atoms with E-state index in [2.05, 4.69) is 0 Å². The quantitative estimate of drug-likeness (QED) is 0.679. The van der Waals surface area contributed by atoms with E-state index in [1.165, 1.54) is 7.11 Å². The van der Waals surface area contributed by atoms with Gasteiger partial charge in [-0.05, 0) is 12.3 Å². The van der Waals surface area contributed by atoms with Gasteiger partial charge in [0.2, 0.25) is 0 Å². The molecule has 0 aliphatic heterocycles. The van der Waals surface area contributed by atoms with Crippen molar-refractivity contribution in [3.63, 3.8) is 0 Å². The second-order valence-electron chi connectivity index (χ2n) is 4.00. The summed E-state index contributed by atoms with van der Waals surface area (Å²) in [4.78, 5) is 16.3. The molecule has 0 aromatic heterocycles. The summed E-state index contributed by atoms with van der Waals surface area (Å²) in [6.45, 7) is 5.74. The van der Waals surface area contributed by atoms with E-state index in [1.807, 2.05) is 13.8 Å². The lowest BCUT2D eigenvalue weighted by molar-refractivity contribution is -0.176. The standard InChI is InChI=1S/C10H21NO3/c1-7(2)6-9(12)8(3)10(13)11(4)14-5/h7-9,12H,6H2,1-5H3/t8-,9+/m0/s1. The van der Waals surface area contributed by atoms with Crippen LogP contribution in [-0.2, 0) is 9.63 Å². The number of hydrogen-bond acceptors (Lipinski definition) is 3. The van der Waals surface area contributed by atoms with Crippen LogP contribution in [0.3, 0.4) is 0 Å². The molecule has 84 valence electrons. The van der Waals surface area contributed by atoms with Crippen molar-refractivity contribution in [1.82, 2.24) is 5.06 Å². The van der Waals surface area contributed by atoms with Crippen molar-refractivity contribution >= 4 is 5.91 Å². The lowest BCUT2D eigenvalue weighted by Crippen LogP contribution is -2.37. The van der Waals surface area contributed by atoms with Crippen LogP contribution in [0.2, 0.25) is 0 Å². The van der Waals surface area contributed by atoms with Crippen molar-refractivity contribution in [3.8, 4) is 0 Å². The average molecular weight is 203 g/mol. The van der Waals surface area contributed by atoms with E-state index >= 15 is 0 Å². The molecule has 2 atom stereocenters. The van der Waals surface area contributed by atoms with Gasteiger partial charge in [0.05, 0.1) is 19.1 Å². The molecule has 0 aliphatic rings. The molecule has 0 bridgehead atoms. The summed E-state index contributed by atoms with van der Waals surface area (Å²) in [7, 11) is 2.97. The third-order valence-electron chi connectivity index (χ3n) is 2.26. The molecule has 0 rings (SSSR count). The maximum atomic E-state index is 11.5. The number of aliphatic hydroxyl groups is 1. The zero-order chi connectivity index (χ0) is 11.3. The smallest absolute Gasteiger partial charge is 0.251 e. The minimum Gasteiger partial charge on any atom is -0.392 e. The predicted molar refractivity (Wildman–Crippen MR) is 54.4 cm³/mol. The first-order valence-corrected chi connectivity index (χ1v) is 4.89. The third-order valence-corrected chi connectivity index (χ3v) is 2.26. The number of carbonyl (C=O) groups excluding carboxylic acids is 1. The second kappa shape index (κ2) is 5.98. The number of aliphatic hydroxyl groups excluding tert-OH is 1. The normalized spacial score (nSPS) is 15.4. The summed E-state index contributed by atoms with van der Waals surface area (Å²) < 4.78 is 0. The van der Waals surface area contributed by atoms with E-state index in [1.54, 1.807) is 14.0 Å². The van der Waals surface area contributed by atoms with E-state index in [0.29, 0.717) is 12.3 Å². The van der Waals surface area contributed by atoms with Gasteiger partial charge in [0.1, 0.15) is 0 Å². The van der Waals surface area contributed by atoms with Crippen molar-refractivity contribution < 1.29 is 14.7 Å². The fourth-order valence-electron chi connectivity index (χ4n) is 1.23. The van der Waals surface area contributed by atoms with Crippen molar-refractivity contribution in [2.45, 2.75) is 33.3 Å².